The molecule has 1 aliphatic heterocycles. The van der Waals surface area contributed by atoms with Crippen molar-refractivity contribution in [3.63, 3.8) is 0 Å². The highest BCUT2D eigenvalue weighted by molar-refractivity contribution is 5.78. The predicted molar refractivity (Wildman–Crippen MR) is 34.6 cm³/mol. The SMILES string of the molecule is NC1(C(=O)O)CCCOC1. The maximum Gasteiger partial charge on any atom is 0.326 e. The monoisotopic (exact) mass is 145 g/mol. The second-order valence-electron chi connectivity index (χ2n) is 2.62. The molecule has 0 amide bonds. The van der Waals surface area contributed by atoms with E-state index in [0.717, 1.165) is 6.42 Å². The maximum absolute atomic E-state index is 10.5. The number of carboxylic acid groups (broad SMARTS) is 1. The third-order valence-electron chi connectivity index (χ3n) is 1.70. The molecule has 58 valence electrons. The van der Waals surface area contributed by atoms with E-state index >= 15 is 0 Å². The summed E-state index contributed by atoms with van der Waals surface area (Å²) < 4.78 is 4.94. The topological polar surface area (TPSA) is 72.6 Å². The largest absolute Gasteiger partial charge is 0.480 e. The molecule has 3 N–H and O–H groups in total. The molecule has 0 aromatic rings. The first-order valence-electron chi connectivity index (χ1n) is 3.25. The zero-order valence-corrected chi connectivity index (χ0v) is 5.67. The summed E-state index contributed by atoms with van der Waals surface area (Å²) in [7, 11) is 0. The number of ether oxygens (including phenoxy) is 1. The molecule has 1 rings (SSSR count). The first kappa shape index (κ1) is 7.50. The van der Waals surface area contributed by atoms with Crippen LogP contribution in [0.1, 0.15) is 12.8 Å². The zero-order chi connectivity index (χ0) is 7.61. The Morgan fingerprint density at radius 1 is 1.70 bits per heavy atom. The van der Waals surface area contributed by atoms with Gasteiger partial charge in [0.25, 0.3) is 0 Å². The van der Waals surface area contributed by atoms with E-state index in [1.54, 1.807) is 0 Å². The van der Waals surface area contributed by atoms with Crippen molar-refractivity contribution < 1.29 is 14.6 Å². The molecule has 4 nitrogen and oxygen atoms in total. The summed E-state index contributed by atoms with van der Waals surface area (Å²) in [6.45, 7) is 0.772. The van der Waals surface area contributed by atoms with Gasteiger partial charge in [-0.2, -0.15) is 0 Å². The average Bonchev–Trinajstić information content (AvgIpc) is 1.89. The Balaban J connectivity index is 2.56. The molecule has 0 aromatic heterocycles. The van der Waals surface area contributed by atoms with E-state index in [1.807, 2.05) is 0 Å². The second kappa shape index (κ2) is 2.56. The zero-order valence-electron chi connectivity index (χ0n) is 5.67. The fraction of sp³-hybridized carbons (Fsp3) is 0.833. The van der Waals surface area contributed by atoms with Gasteiger partial charge >= 0.3 is 5.97 Å². The van der Waals surface area contributed by atoms with Gasteiger partial charge in [-0.25, -0.2) is 0 Å². The van der Waals surface area contributed by atoms with Crippen LogP contribution in [0.4, 0.5) is 0 Å². The van der Waals surface area contributed by atoms with Crippen molar-refractivity contribution >= 4 is 5.97 Å². The van der Waals surface area contributed by atoms with Gasteiger partial charge in [-0.3, -0.25) is 4.79 Å². The van der Waals surface area contributed by atoms with E-state index in [9.17, 15) is 4.79 Å². The highest BCUT2D eigenvalue weighted by Gasteiger charge is 2.35. The van der Waals surface area contributed by atoms with Gasteiger partial charge in [0.15, 0.2) is 0 Å². The Morgan fingerprint density at radius 2 is 2.40 bits per heavy atom. The van der Waals surface area contributed by atoms with Crippen LogP contribution < -0.4 is 5.73 Å². The molecule has 0 aliphatic carbocycles. The molecule has 0 bridgehead atoms. The van der Waals surface area contributed by atoms with Crippen LogP contribution in [0.3, 0.4) is 0 Å². The van der Waals surface area contributed by atoms with E-state index in [2.05, 4.69) is 0 Å². The van der Waals surface area contributed by atoms with E-state index < -0.39 is 11.5 Å². The molecule has 1 saturated heterocycles. The molecule has 10 heavy (non-hydrogen) atoms. The quantitative estimate of drug-likeness (QED) is 0.525. The first-order valence-corrected chi connectivity index (χ1v) is 3.25. The van der Waals surface area contributed by atoms with Gasteiger partial charge in [-0.05, 0) is 12.8 Å². The second-order valence-corrected chi connectivity index (χ2v) is 2.62. The van der Waals surface area contributed by atoms with Crippen molar-refractivity contribution in [3.8, 4) is 0 Å². The van der Waals surface area contributed by atoms with Gasteiger partial charge < -0.3 is 15.6 Å². The van der Waals surface area contributed by atoms with Gasteiger partial charge in [0, 0.05) is 6.61 Å². The smallest absolute Gasteiger partial charge is 0.326 e. The van der Waals surface area contributed by atoms with Crippen LogP contribution in [0.2, 0.25) is 0 Å². The third kappa shape index (κ3) is 1.27. The van der Waals surface area contributed by atoms with Crippen LogP contribution in [-0.4, -0.2) is 29.8 Å². The molecule has 0 saturated carbocycles. The lowest BCUT2D eigenvalue weighted by Crippen LogP contribution is -2.54. The van der Waals surface area contributed by atoms with E-state index in [-0.39, 0.29) is 6.61 Å². The van der Waals surface area contributed by atoms with Crippen LogP contribution >= 0.6 is 0 Å². The molecule has 1 heterocycles. The molecule has 1 unspecified atom stereocenters. The number of aliphatic carboxylic acids is 1. The molecular weight excluding hydrogens is 134 g/mol. The first-order chi connectivity index (χ1) is 4.65. The van der Waals surface area contributed by atoms with Crippen LogP contribution in [-0.2, 0) is 9.53 Å². The fourth-order valence-corrected chi connectivity index (χ4v) is 0.985. The Kier molecular flexibility index (Phi) is 1.92. The number of hydrogen-bond donors (Lipinski definition) is 2. The van der Waals surface area contributed by atoms with Gasteiger partial charge in [0.05, 0.1) is 6.61 Å². The minimum absolute atomic E-state index is 0.141. The Morgan fingerprint density at radius 3 is 2.70 bits per heavy atom. The highest BCUT2D eigenvalue weighted by atomic mass is 16.5. The van der Waals surface area contributed by atoms with Crippen molar-refractivity contribution in [1.82, 2.24) is 0 Å². The number of rotatable bonds is 1. The van der Waals surface area contributed by atoms with Gasteiger partial charge in [-0.15, -0.1) is 0 Å². The summed E-state index contributed by atoms with van der Waals surface area (Å²) in [5.41, 5.74) is 4.35. The van der Waals surface area contributed by atoms with Crippen molar-refractivity contribution in [2.45, 2.75) is 18.4 Å². The number of carbonyl (C=O) groups is 1. The van der Waals surface area contributed by atoms with Crippen LogP contribution in [0, 0.1) is 0 Å². The van der Waals surface area contributed by atoms with Crippen LogP contribution in [0.25, 0.3) is 0 Å². The van der Waals surface area contributed by atoms with Crippen molar-refractivity contribution in [3.05, 3.63) is 0 Å². The van der Waals surface area contributed by atoms with Crippen molar-refractivity contribution in [2.24, 2.45) is 5.73 Å². The number of nitrogens with two attached hydrogens (primary N) is 1. The van der Waals surface area contributed by atoms with Crippen LogP contribution in [0.15, 0.2) is 0 Å². The molecule has 1 aliphatic rings. The maximum atomic E-state index is 10.5. The lowest BCUT2D eigenvalue weighted by atomic mass is 9.94. The average molecular weight is 145 g/mol. The van der Waals surface area contributed by atoms with E-state index in [0.29, 0.717) is 13.0 Å². The lowest BCUT2D eigenvalue weighted by molar-refractivity contribution is -0.148. The lowest BCUT2D eigenvalue weighted by Gasteiger charge is -2.28. The number of carboxylic acids is 1. The van der Waals surface area contributed by atoms with Gasteiger partial charge in [-0.1, -0.05) is 0 Å². The summed E-state index contributed by atoms with van der Waals surface area (Å²) in [4.78, 5) is 10.5. The molecule has 1 atom stereocenters. The molecular formula is C6H11NO3. The molecule has 0 radical (unpaired) electrons. The van der Waals surface area contributed by atoms with E-state index in [4.69, 9.17) is 15.6 Å². The molecule has 4 heteroatoms. The summed E-state index contributed by atoms with van der Waals surface area (Å²) in [5.74, 6) is -0.966. The summed E-state index contributed by atoms with van der Waals surface area (Å²) in [6.07, 6.45) is 1.26. The Bertz CT molecular complexity index is 140. The van der Waals surface area contributed by atoms with Crippen molar-refractivity contribution in [2.75, 3.05) is 13.2 Å². The van der Waals surface area contributed by atoms with Crippen LogP contribution in [0.5, 0.6) is 0 Å². The van der Waals surface area contributed by atoms with Gasteiger partial charge in [0.2, 0.25) is 0 Å². The van der Waals surface area contributed by atoms with E-state index in [1.165, 1.54) is 0 Å². The molecule has 1 fully saturated rings. The minimum Gasteiger partial charge on any atom is -0.480 e. The normalized spacial score (nSPS) is 33.7. The third-order valence-corrected chi connectivity index (χ3v) is 1.70. The minimum atomic E-state index is -1.13. The standard InChI is InChI=1S/C6H11NO3/c7-6(5(8)9)2-1-3-10-4-6/h1-4,7H2,(H,8,9). The Hall–Kier alpha value is -0.610. The van der Waals surface area contributed by atoms with Gasteiger partial charge in [0.1, 0.15) is 5.54 Å². The molecule has 0 aromatic carbocycles. The number of hydrogen-bond acceptors (Lipinski definition) is 3. The van der Waals surface area contributed by atoms with Crippen molar-refractivity contribution in [1.29, 1.82) is 0 Å². The summed E-state index contributed by atoms with van der Waals surface area (Å²) in [5, 5.41) is 8.59. The summed E-state index contributed by atoms with van der Waals surface area (Å²) >= 11 is 0. The molecule has 0 spiro atoms. The Labute approximate surface area is 59.0 Å². The summed E-state index contributed by atoms with van der Waals surface area (Å²) in [6, 6.07) is 0. The predicted octanol–water partition coefficient (Wildman–Crippen LogP) is -0.421. The fourth-order valence-electron chi connectivity index (χ4n) is 0.985. The highest BCUT2D eigenvalue weighted by Crippen LogP contribution is 2.15.